The summed E-state index contributed by atoms with van der Waals surface area (Å²) >= 11 is 6.34. The number of carbonyl (C=O) groups excluding carboxylic acids is 1. The van der Waals surface area contributed by atoms with Crippen LogP contribution >= 0.6 is 11.6 Å². The highest BCUT2D eigenvalue weighted by Gasteiger charge is 2.42. The van der Waals surface area contributed by atoms with Crippen molar-refractivity contribution in [2.45, 2.75) is 75.9 Å². The first-order chi connectivity index (χ1) is 19.2. The van der Waals surface area contributed by atoms with Crippen LogP contribution < -0.4 is 19.8 Å². The van der Waals surface area contributed by atoms with E-state index in [0.717, 1.165) is 62.9 Å². The summed E-state index contributed by atoms with van der Waals surface area (Å²) in [6.07, 6.45) is 7.76. The highest BCUT2D eigenvalue weighted by Crippen LogP contribution is 2.44. The Morgan fingerprint density at radius 3 is 2.73 bits per heavy atom. The number of sulfonamides is 1. The number of anilines is 1. The molecule has 2 N–H and O–H groups in total. The van der Waals surface area contributed by atoms with Gasteiger partial charge in [-0.3, -0.25) is 14.9 Å². The number of hydrogen-bond acceptors (Lipinski definition) is 7. The number of amides is 1. The van der Waals surface area contributed by atoms with Gasteiger partial charge in [0.2, 0.25) is 10.0 Å². The molecule has 10 heteroatoms. The Balaban J connectivity index is 1.49. The zero-order chi connectivity index (χ0) is 28.3. The van der Waals surface area contributed by atoms with Gasteiger partial charge in [-0.25, -0.2) is 18.2 Å². The Hall–Kier alpha value is -2.33. The topological polar surface area (TPSA) is 97.0 Å². The van der Waals surface area contributed by atoms with Gasteiger partial charge in [0, 0.05) is 16.0 Å². The van der Waals surface area contributed by atoms with Crippen molar-refractivity contribution in [3.8, 4) is 5.75 Å². The van der Waals surface area contributed by atoms with Crippen molar-refractivity contribution in [1.29, 1.82) is 0 Å². The van der Waals surface area contributed by atoms with E-state index in [1.165, 1.54) is 11.1 Å². The molecule has 0 unspecified atom stereocenters. The smallest absolute Gasteiger partial charge is 0.264 e. The van der Waals surface area contributed by atoms with Gasteiger partial charge in [0.15, 0.2) is 0 Å². The van der Waals surface area contributed by atoms with Gasteiger partial charge >= 0.3 is 0 Å². The Kier molecular flexibility index (Phi) is 8.95. The first-order valence-electron chi connectivity index (χ1n) is 14.4. The van der Waals surface area contributed by atoms with E-state index in [9.17, 15) is 13.2 Å². The quantitative estimate of drug-likeness (QED) is 0.428. The van der Waals surface area contributed by atoms with E-state index in [1.54, 1.807) is 25.1 Å². The molecule has 2 aromatic rings. The van der Waals surface area contributed by atoms with Crippen LogP contribution in [-0.2, 0) is 26.7 Å². The molecule has 8 nitrogen and oxygen atoms in total. The summed E-state index contributed by atoms with van der Waals surface area (Å²) in [5.74, 6) is -0.123. The molecule has 218 valence electrons. The molecule has 1 aliphatic carbocycles. The maximum Gasteiger partial charge on any atom is 0.264 e. The lowest BCUT2D eigenvalue weighted by molar-refractivity contribution is 0.0756. The lowest BCUT2D eigenvalue weighted by Crippen LogP contribution is -2.46. The van der Waals surface area contributed by atoms with Gasteiger partial charge in [0.25, 0.3) is 5.91 Å². The molecule has 3 atom stereocenters. The highest BCUT2D eigenvalue weighted by atomic mass is 35.5. The zero-order valence-corrected chi connectivity index (χ0v) is 25.0. The fourth-order valence-corrected chi connectivity index (χ4v) is 7.66. The SMILES string of the molecule is C[C@@H]1[C@@H](C)CCCCCCNCON2C[C@@]3(CCCc4cc(Cl)ccc43)COc3ccc(cc32)C(=O)NS1(=O)=O. The molecular weight excluding hydrogens is 550 g/mol. The molecule has 0 aromatic heterocycles. The van der Waals surface area contributed by atoms with Crippen LogP contribution in [0.1, 0.15) is 80.3 Å². The van der Waals surface area contributed by atoms with Crippen molar-refractivity contribution >= 4 is 33.2 Å². The van der Waals surface area contributed by atoms with E-state index >= 15 is 0 Å². The van der Waals surface area contributed by atoms with Crippen LogP contribution in [0.25, 0.3) is 0 Å². The van der Waals surface area contributed by atoms with Gasteiger partial charge in [-0.15, -0.1) is 0 Å². The van der Waals surface area contributed by atoms with Crippen molar-refractivity contribution in [1.82, 2.24) is 10.0 Å². The number of hydroxylamine groups is 1. The third-order valence-corrected chi connectivity index (χ3v) is 10.9. The van der Waals surface area contributed by atoms with Gasteiger partial charge in [-0.05, 0) is 92.9 Å². The summed E-state index contributed by atoms with van der Waals surface area (Å²) in [5.41, 5.74) is 2.94. The number of ether oxygens (including phenoxy) is 1. The van der Waals surface area contributed by atoms with Crippen LogP contribution in [0.3, 0.4) is 0 Å². The third kappa shape index (κ3) is 6.27. The van der Waals surface area contributed by atoms with Crippen LogP contribution in [0, 0.1) is 5.92 Å². The highest BCUT2D eigenvalue weighted by molar-refractivity contribution is 7.90. The van der Waals surface area contributed by atoms with E-state index in [2.05, 4.69) is 16.1 Å². The first kappa shape index (κ1) is 29.2. The first-order valence-corrected chi connectivity index (χ1v) is 16.3. The normalized spacial score (nSPS) is 27.9. The second-order valence-electron chi connectivity index (χ2n) is 11.6. The fraction of sp³-hybridized carbons (Fsp3) is 0.567. The largest absolute Gasteiger partial charge is 0.490 e. The average Bonchev–Trinajstić information content (AvgIpc) is 3.07. The van der Waals surface area contributed by atoms with Gasteiger partial charge in [0.1, 0.15) is 18.2 Å². The van der Waals surface area contributed by atoms with Crippen molar-refractivity contribution in [2.75, 3.05) is 31.5 Å². The number of hydrogen-bond donors (Lipinski definition) is 2. The van der Waals surface area contributed by atoms with Crippen LogP contribution in [0.2, 0.25) is 5.02 Å². The molecule has 0 saturated heterocycles. The summed E-state index contributed by atoms with van der Waals surface area (Å²) in [4.78, 5) is 19.6. The summed E-state index contributed by atoms with van der Waals surface area (Å²) in [6.45, 7) is 5.73. The Bertz CT molecular complexity index is 1340. The van der Waals surface area contributed by atoms with Crippen LogP contribution in [0.5, 0.6) is 5.75 Å². The lowest BCUT2D eigenvalue weighted by Gasteiger charge is -2.40. The second-order valence-corrected chi connectivity index (χ2v) is 14.1. The molecule has 0 saturated carbocycles. The standard InChI is InChI=1S/C30H40ClN3O5S/c1-21-8-5-3-4-6-15-32-20-39-34-18-30(14-7-9-23-16-25(31)11-12-26(23)30)19-38-28-13-10-24(17-27(28)34)29(35)33-40(36,37)22(21)2/h10-13,16-17,21-22,32H,3-9,14-15,18-20H2,1-2H3,(H,33,35)/t21-,22+,30-/m0/s1. The molecule has 5 rings (SSSR count). The maximum atomic E-state index is 13.2. The van der Waals surface area contributed by atoms with Crippen molar-refractivity contribution in [3.05, 3.63) is 58.1 Å². The molecular formula is C30H40ClN3O5S. The Morgan fingerprint density at radius 2 is 1.88 bits per heavy atom. The molecule has 1 spiro atoms. The zero-order valence-electron chi connectivity index (χ0n) is 23.4. The maximum absolute atomic E-state index is 13.2. The summed E-state index contributed by atoms with van der Waals surface area (Å²) < 4.78 is 34.9. The molecule has 2 aromatic carbocycles. The third-order valence-electron chi connectivity index (χ3n) is 8.79. The summed E-state index contributed by atoms with van der Waals surface area (Å²) in [6, 6.07) is 11.1. The number of carbonyl (C=O) groups is 1. The van der Waals surface area contributed by atoms with Crippen molar-refractivity contribution in [2.24, 2.45) is 5.92 Å². The number of halogens is 1. The van der Waals surface area contributed by atoms with E-state index in [-0.39, 0.29) is 16.9 Å². The monoisotopic (exact) mass is 589 g/mol. The van der Waals surface area contributed by atoms with Gasteiger partial charge in [-0.2, -0.15) is 0 Å². The van der Waals surface area contributed by atoms with E-state index in [0.29, 0.717) is 31.3 Å². The minimum atomic E-state index is -3.85. The lowest BCUT2D eigenvalue weighted by atomic mass is 9.70. The van der Waals surface area contributed by atoms with Crippen LogP contribution in [0.15, 0.2) is 36.4 Å². The number of rotatable bonds is 0. The fourth-order valence-electron chi connectivity index (χ4n) is 6.15. The predicted molar refractivity (Wildman–Crippen MR) is 157 cm³/mol. The number of benzene rings is 2. The molecule has 1 amide bonds. The average molecular weight is 590 g/mol. The van der Waals surface area contributed by atoms with Gasteiger partial charge in [0.05, 0.1) is 18.4 Å². The van der Waals surface area contributed by atoms with E-state index < -0.39 is 21.2 Å². The van der Waals surface area contributed by atoms with Crippen molar-refractivity contribution < 1.29 is 22.8 Å². The second kappa shape index (κ2) is 12.3. The van der Waals surface area contributed by atoms with Crippen LogP contribution in [0.4, 0.5) is 5.69 Å². The number of nitrogens with zero attached hydrogens (tertiary/aromatic N) is 1. The number of aryl methyl sites for hydroxylation is 1. The number of fused-ring (bicyclic) bond motifs is 3. The molecule has 0 radical (unpaired) electrons. The number of nitrogens with one attached hydrogen (secondary N) is 2. The Morgan fingerprint density at radius 1 is 1.05 bits per heavy atom. The molecule has 40 heavy (non-hydrogen) atoms. The van der Waals surface area contributed by atoms with E-state index in [4.69, 9.17) is 21.2 Å². The van der Waals surface area contributed by atoms with Gasteiger partial charge < -0.3 is 4.74 Å². The molecule has 3 aliphatic rings. The summed E-state index contributed by atoms with van der Waals surface area (Å²) in [5, 5.41) is 5.26. The summed E-state index contributed by atoms with van der Waals surface area (Å²) in [7, 11) is -3.85. The Labute approximate surface area is 242 Å². The van der Waals surface area contributed by atoms with Gasteiger partial charge in [-0.1, -0.05) is 43.9 Å². The van der Waals surface area contributed by atoms with Crippen LogP contribution in [-0.4, -0.2) is 46.0 Å². The van der Waals surface area contributed by atoms with E-state index in [1.807, 2.05) is 24.1 Å². The van der Waals surface area contributed by atoms with Crippen molar-refractivity contribution in [3.63, 3.8) is 0 Å². The molecule has 2 aliphatic heterocycles. The molecule has 2 heterocycles. The minimum absolute atomic E-state index is 0.0592. The molecule has 2 bridgehead atoms. The predicted octanol–water partition coefficient (Wildman–Crippen LogP) is 5.34. The minimum Gasteiger partial charge on any atom is -0.490 e. The molecule has 0 fully saturated rings.